The molecule has 2 aromatic rings. The maximum atomic E-state index is 12.1. The predicted molar refractivity (Wildman–Crippen MR) is 110 cm³/mol. The van der Waals surface area contributed by atoms with E-state index in [1.54, 1.807) is 18.2 Å². The van der Waals surface area contributed by atoms with Crippen LogP contribution in [0.25, 0.3) is 0 Å². The molecule has 0 saturated heterocycles. The predicted octanol–water partition coefficient (Wildman–Crippen LogP) is 3.04. The van der Waals surface area contributed by atoms with E-state index in [2.05, 4.69) is 22.2 Å². The Balaban J connectivity index is 1.72. The minimum absolute atomic E-state index is 0.141. The molecule has 152 valence electrons. The summed E-state index contributed by atoms with van der Waals surface area (Å²) in [6.07, 6.45) is 2.85. The van der Waals surface area contributed by atoms with Gasteiger partial charge < -0.3 is 14.8 Å². The molecule has 0 fully saturated rings. The number of hydrogen-bond acceptors (Lipinski definition) is 5. The molecule has 0 atom stereocenters. The normalized spacial score (nSPS) is 11.1. The van der Waals surface area contributed by atoms with E-state index in [0.717, 1.165) is 12.7 Å². The summed E-state index contributed by atoms with van der Waals surface area (Å²) in [6, 6.07) is 14.8. The number of sulfonamides is 1. The second kappa shape index (κ2) is 10.7. The third-order valence-corrected chi connectivity index (χ3v) is 4.44. The van der Waals surface area contributed by atoms with Gasteiger partial charge in [-0.05, 0) is 30.5 Å². The van der Waals surface area contributed by atoms with Gasteiger partial charge in [0.15, 0.2) is 0 Å². The fraction of sp³-hybridized carbons (Fsp3) is 0.350. The van der Waals surface area contributed by atoms with Crippen molar-refractivity contribution < 1.29 is 22.7 Å². The number of anilines is 2. The number of methoxy groups -OCH3 is 1. The summed E-state index contributed by atoms with van der Waals surface area (Å²) in [4.78, 5) is 12.1. The minimum atomic E-state index is -3.41. The Morgan fingerprint density at radius 3 is 2.50 bits per heavy atom. The van der Waals surface area contributed by atoms with Crippen molar-refractivity contribution in [3.05, 3.63) is 54.1 Å². The number of benzene rings is 2. The van der Waals surface area contributed by atoms with Gasteiger partial charge in [-0.25, -0.2) is 8.42 Å². The first-order valence-electron chi connectivity index (χ1n) is 8.95. The summed E-state index contributed by atoms with van der Waals surface area (Å²) in [5.74, 6) is 0.185. The van der Waals surface area contributed by atoms with Gasteiger partial charge >= 0.3 is 0 Å². The maximum absolute atomic E-state index is 12.1. The Kier molecular flexibility index (Phi) is 8.28. The van der Waals surface area contributed by atoms with Gasteiger partial charge in [-0.15, -0.1) is 0 Å². The van der Waals surface area contributed by atoms with Gasteiger partial charge in [-0.2, -0.15) is 0 Å². The van der Waals surface area contributed by atoms with E-state index in [1.807, 2.05) is 18.2 Å². The summed E-state index contributed by atoms with van der Waals surface area (Å²) in [6.45, 7) is 1.14. The second-order valence-electron chi connectivity index (χ2n) is 6.29. The molecule has 2 N–H and O–H groups in total. The molecule has 0 aliphatic heterocycles. The van der Waals surface area contributed by atoms with Crippen LogP contribution in [0.15, 0.2) is 48.5 Å². The van der Waals surface area contributed by atoms with Gasteiger partial charge in [-0.3, -0.25) is 9.52 Å². The third kappa shape index (κ3) is 7.98. The van der Waals surface area contributed by atoms with Gasteiger partial charge in [0.2, 0.25) is 15.9 Å². The molecule has 0 radical (unpaired) electrons. The summed E-state index contributed by atoms with van der Waals surface area (Å²) in [7, 11) is -1.98. The van der Waals surface area contributed by atoms with Crippen LogP contribution in [0.3, 0.4) is 0 Å². The fourth-order valence-electron chi connectivity index (χ4n) is 2.55. The summed E-state index contributed by atoms with van der Waals surface area (Å²) < 4.78 is 35.8. The monoisotopic (exact) mass is 406 g/mol. The van der Waals surface area contributed by atoms with Crippen molar-refractivity contribution in [2.45, 2.75) is 19.3 Å². The molecule has 8 heteroatoms. The van der Waals surface area contributed by atoms with Crippen molar-refractivity contribution in [2.24, 2.45) is 0 Å². The lowest BCUT2D eigenvalue weighted by molar-refractivity contribution is -0.116. The Morgan fingerprint density at radius 2 is 1.82 bits per heavy atom. The lowest BCUT2D eigenvalue weighted by Crippen LogP contribution is -2.13. The highest BCUT2D eigenvalue weighted by molar-refractivity contribution is 7.92. The molecular weight excluding hydrogens is 380 g/mol. The molecule has 28 heavy (non-hydrogen) atoms. The van der Waals surface area contributed by atoms with E-state index in [4.69, 9.17) is 9.47 Å². The molecule has 1 amide bonds. The number of amides is 1. The van der Waals surface area contributed by atoms with E-state index < -0.39 is 10.0 Å². The van der Waals surface area contributed by atoms with Crippen LogP contribution in [-0.2, 0) is 26.0 Å². The Labute approximate surface area is 166 Å². The second-order valence-corrected chi connectivity index (χ2v) is 8.04. The molecule has 0 aliphatic carbocycles. The van der Waals surface area contributed by atoms with Crippen molar-refractivity contribution in [1.82, 2.24) is 0 Å². The minimum Gasteiger partial charge on any atom is -0.494 e. The van der Waals surface area contributed by atoms with Crippen molar-refractivity contribution >= 4 is 27.3 Å². The standard InChI is InChI=1S/C20H26N2O5S/c1-26-19-15-17(10-11-18(19)22-28(2,24)25)21-20(23)9-6-13-27-14-12-16-7-4-3-5-8-16/h3-5,7-8,10-11,15,22H,6,9,12-14H2,1-2H3,(H,21,23). The molecular formula is C20H26N2O5S. The number of ether oxygens (including phenoxy) is 2. The SMILES string of the molecule is COc1cc(NC(=O)CCCOCCc2ccccc2)ccc1NS(C)(=O)=O. The molecule has 0 aromatic heterocycles. The van der Waals surface area contributed by atoms with Crippen LogP contribution in [0, 0.1) is 0 Å². The highest BCUT2D eigenvalue weighted by Gasteiger charge is 2.10. The number of hydrogen-bond donors (Lipinski definition) is 2. The zero-order chi connectivity index (χ0) is 20.4. The van der Waals surface area contributed by atoms with Gasteiger partial charge in [0.1, 0.15) is 5.75 Å². The number of nitrogens with one attached hydrogen (secondary N) is 2. The first-order valence-corrected chi connectivity index (χ1v) is 10.8. The van der Waals surface area contributed by atoms with E-state index in [1.165, 1.54) is 12.7 Å². The Morgan fingerprint density at radius 1 is 1.07 bits per heavy atom. The lowest BCUT2D eigenvalue weighted by atomic mass is 10.2. The van der Waals surface area contributed by atoms with Crippen LogP contribution in [-0.4, -0.2) is 40.9 Å². The van der Waals surface area contributed by atoms with E-state index >= 15 is 0 Å². The van der Waals surface area contributed by atoms with Crippen LogP contribution < -0.4 is 14.8 Å². The molecule has 7 nitrogen and oxygen atoms in total. The Bertz CT molecular complexity index is 869. The van der Waals surface area contributed by atoms with Crippen LogP contribution >= 0.6 is 0 Å². The van der Waals surface area contributed by atoms with Crippen LogP contribution in [0.4, 0.5) is 11.4 Å². The molecule has 0 spiro atoms. The van der Waals surface area contributed by atoms with Gasteiger partial charge in [0.25, 0.3) is 0 Å². The maximum Gasteiger partial charge on any atom is 0.229 e. The number of rotatable bonds is 11. The van der Waals surface area contributed by atoms with Gasteiger partial charge in [0, 0.05) is 24.8 Å². The number of carbonyl (C=O) groups excluding carboxylic acids is 1. The molecule has 0 heterocycles. The fourth-order valence-corrected chi connectivity index (χ4v) is 3.12. The third-order valence-electron chi connectivity index (χ3n) is 3.85. The lowest BCUT2D eigenvalue weighted by Gasteiger charge is -2.12. The van der Waals surface area contributed by atoms with Crippen LogP contribution in [0.2, 0.25) is 0 Å². The van der Waals surface area contributed by atoms with Gasteiger partial charge in [-0.1, -0.05) is 30.3 Å². The highest BCUT2D eigenvalue weighted by Crippen LogP contribution is 2.28. The van der Waals surface area contributed by atoms with Gasteiger partial charge in [0.05, 0.1) is 25.7 Å². The average molecular weight is 407 g/mol. The van der Waals surface area contributed by atoms with E-state index in [9.17, 15) is 13.2 Å². The largest absolute Gasteiger partial charge is 0.494 e. The summed E-state index contributed by atoms with van der Waals surface area (Å²) in [5, 5.41) is 2.77. The molecule has 0 unspecified atom stereocenters. The highest BCUT2D eigenvalue weighted by atomic mass is 32.2. The molecule has 0 bridgehead atoms. The molecule has 0 aliphatic rings. The first kappa shape index (κ1) is 21.7. The van der Waals surface area contributed by atoms with E-state index in [0.29, 0.717) is 43.2 Å². The smallest absolute Gasteiger partial charge is 0.229 e. The summed E-state index contributed by atoms with van der Waals surface area (Å²) >= 11 is 0. The van der Waals surface area contributed by atoms with Crippen LogP contribution in [0.1, 0.15) is 18.4 Å². The van der Waals surface area contributed by atoms with Crippen molar-refractivity contribution in [3.8, 4) is 5.75 Å². The van der Waals surface area contributed by atoms with Crippen molar-refractivity contribution in [1.29, 1.82) is 0 Å². The first-order chi connectivity index (χ1) is 13.4. The molecule has 2 rings (SSSR count). The quantitative estimate of drug-likeness (QED) is 0.560. The van der Waals surface area contributed by atoms with E-state index in [-0.39, 0.29) is 5.91 Å². The molecule has 0 saturated carbocycles. The zero-order valence-electron chi connectivity index (χ0n) is 16.1. The Hall–Kier alpha value is -2.58. The zero-order valence-corrected chi connectivity index (χ0v) is 16.9. The van der Waals surface area contributed by atoms with Crippen molar-refractivity contribution in [3.63, 3.8) is 0 Å². The topological polar surface area (TPSA) is 93.7 Å². The average Bonchev–Trinajstić information content (AvgIpc) is 2.65. The summed E-state index contributed by atoms with van der Waals surface area (Å²) in [5.41, 5.74) is 2.07. The number of carbonyl (C=O) groups is 1. The van der Waals surface area contributed by atoms with Crippen LogP contribution in [0.5, 0.6) is 5.75 Å². The molecule has 2 aromatic carbocycles. The van der Waals surface area contributed by atoms with Crippen molar-refractivity contribution in [2.75, 3.05) is 36.6 Å².